The molecule has 1 aliphatic rings. The smallest absolute Gasteiger partial charge is 0.422 e. The summed E-state index contributed by atoms with van der Waals surface area (Å²) in [6.07, 6.45) is 1.08. The number of aromatic nitrogens is 5. The molecule has 300 valence electrons. The first-order valence-corrected chi connectivity index (χ1v) is 17.5. The van der Waals surface area contributed by atoms with Gasteiger partial charge in [-0.2, -0.15) is 28.1 Å². The number of anilines is 4. The molecule has 3 amide bonds. The first-order chi connectivity index (χ1) is 27.8. The van der Waals surface area contributed by atoms with E-state index in [9.17, 15) is 32.3 Å². The largest absolute Gasteiger partial charge is 0.467 e. The zero-order valence-electron chi connectivity index (χ0n) is 30.2. The predicted octanol–water partition coefficient (Wildman–Crippen LogP) is 4.92. The highest BCUT2D eigenvalue weighted by Gasteiger charge is 2.45. The third kappa shape index (κ3) is 11.2. The Morgan fingerprint density at radius 1 is 0.879 bits per heavy atom. The Bertz CT molecular complexity index is 2250. The Kier molecular flexibility index (Phi) is 12.4. The lowest BCUT2D eigenvalue weighted by Gasteiger charge is -2.19. The normalized spacial score (nSPS) is 13.3. The number of pyridine rings is 2. The van der Waals surface area contributed by atoms with Gasteiger partial charge in [-0.25, -0.2) is 9.78 Å². The molecule has 0 aliphatic heterocycles. The van der Waals surface area contributed by atoms with Crippen molar-refractivity contribution in [2.45, 2.75) is 30.6 Å². The van der Waals surface area contributed by atoms with Gasteiger partial charge < -0.3 is 40.8 Å². The van der Waals surface area contributed by atoms with Crippen LogP contribution >= 0.6 is 11.6 Å². The topological polar surface area (TPSA) is 221 Å². The number of alkyl halides is 3. The van der Waals surface area contributed by atoms with Gasteiger partial charge in [0.05, 0.1) is 30.7 Å². The fraction of sp³-hybridized carbons (Fsp3) is 0.216. The van der Waals surface area contributed by atoms with E-state index in [1.807, 2.05) is 12.1 Å². The summed E-state index contributed by atoms with van der Waals surface area (Å²) in [6, 6.07) is 17.0. The highest BCUT2D eigenvalue weighted by Crippen LogP contribution is 2.48. The van der Waals surface area contributed by atoms with Gasteiger partial charge in [0.25, 0.3) is 5.91 Å². The monoisotopic (exact) mass is 820 g/mol. The first kappa shape index (κ1) is 40.6. The molecule has 0 radical (unpaired) electrons. The quantitative estimate of drug-likeness (QED) is 0.0700. The van der Waals surface area contributed by atoms with Crippen molar-refractivity contribution in [2.24, 2.45) is 0 Å². The predicted molar refractivity (Wildman–Crippen MR) is 201 cm³/mol. The Morgan fingerprint density at radius 3 is 2.24 bits per heavy atom. The van der Waals surface area contributed by atoms with Gasteiger partial charge in [-0.3, -0.25) is 19.4 Å². The van der Waals surface area contributed by atoms with E-state index in [1.165, 1.54) is 48.8 Å². The van der Waals surface area contributed by atoms with Gasteiger partial charge in [0.1, 0.15) is 11.8 Å². The van der Waals surface area contributed by atoms with Crippen molar-refractivity contribution in [3.05, 3.63) is 108 Å². The number of benzene rings is 2. The molecule has 0 spiro atoms. The Morgan fingerprint density at radius 2 is 1.60 bits per heavy atom. The lowest BCUT2D eigenvalue weighted by Crippen LogP contribution is -2.50. The van der Waals surface area contributed by atoms with Crippen molar-refractivity contribution < 1.29 is 46.6 Å². The number of rotatable bonds is 15. The zero-order chi connectivity index (χ0) is 41.3. The van der Waals surface area contributed by atoms with Crippen LogP contribution in [0.3, 0.4) is 0 Å². The van der Waals surface area contributed by atoms with E-state index >= 15 is 0 Å². The number of hydrogen-bond acceptors (Lipinski definition) is 14. The maximum absolute atomic E-state index is 13.1. The van der Waals surface area contributed by atoms with Crippen molar-refractivity contribution in [1.82, 2.24) is 35.6 Å². The molecule has 2 aromatic carbocycles. The number of halogens is 4. The van der Waals surface area contributed by atoms with Crippen molar-refractivity contribution in [3.8, 4) is 17.6 Å². The second kappa shape index (κ2) is 17.8. The van der Waals surface area contributed by atoms with Crippen LogP contribution in [0, 0.1) is 0 Å². The van der Waals surface area contributed by atoms with Crippen molar-refractivity contribution in [1.29, 1.82) is 0 Å². The molecule has 3 heterocycles. The molecule has 5 N–H and O–H groups in total. The van der Waals surface area contributed by atoms with Crippen LogP contribution in [0.25, 0.3) is 0 Å². The van der Waals surface area contributed by atoms with Crippen molar-refractivity contribution in [2.75, 3.05) is 36.2 Å². The highest BCUT2D eigenvalue weighted by molar-refractivity contribution is 6.39. The maximum Gasteiger partial charge on any atom is 0.422 e. The molecule has 5 aromatic rings. The van der Waals surface area contributed by atoms with Crippen LogP contribution in [0.15, 0.2) is 91.4 Å². The molecule has 3 aromatic heterocycles. The van der Waals surface area contributed by atoms with Gasteiger partial charge in [0, 0.05) is 35.1 Å². The molecule has 6 rings (SSSR count). The minimum Gasteiger partial charge on any atom is -0.467 e. The summed E-state index contributed by atoms with van der Waals surface area (Å²) in [6.45, 7) is -2.14. The Labute approximate surface area is 332 Å². The standard InChI is InChI=1S/C37H32ClF3N10O7/c1-56-32(55)27(19-44-30(53)31(54)45-25-12-13-28(43-17-25)58-26-3-2-16-42-18-26)47-29(52)21-4-10-24(11-5-21)46-33-48-34(50-35(49-33)57-20-37(39,40)41)51-36(14-15-36)22-6-8-23(38)9-7-22/h2-13,16-18,27H,14-15,19-20H2,1H3,(H,44,53)(H,45,54)(H,47,52)(H2,46,48,49,50,51)/t27-/m0/s1. The molecule has 1 fully saturated rings. The molecule has 0 unspecified atom stereocenters. The summed E-state index contributed by atoms with van der Waals surface area (Å²) in [7, 11) is 1.08. The van der Waals surface area contributed by atoms with E-state index in [4.69, 9.17) is 25.8 Å². The second-order valence-corrected chi connectivity index (χ2v) is 12.9. The summed E-state index contributed by atoms with van der Waals surface area (Å²) in [5.74, 6) is -3.39. The molecule has 58 heavy (non-hydrogen) atoms. The summed E-state index contributed by atoms with van der Waals surface area (Å²) >= 11 is 6.03. The number of carbonyl (C=O) groups is 4. The van der Waals surface area contributed by atoms with Gasteiger partial charge in [-0.15, -0.1) is 0 Å². The molecule has 0 saturated heterocycles. The van der Waals surface area contributed by atoms with E-state index in [-0.39, 0.29) is 29.0 Å². The zero-order valence-corrected chi connectivity index (χ0v) is 30.9. The molecular formula is C37H32ClF3N10O7. The van der Waals surface area contributed by atoms with Crippen LogP contribution in [-0.2, 0) is 24.7 Å². The van der Waals surface area contributed by atoms with E-state index in [0.717, 1.165) is 12.7 Å². The second-order valence-electron chi connectivity index (χ2n) is 12.5. The average Bonchev–Trinajstić information content (AvgIpc) is 3.99. The van der Waals surface area contributed by atoms with Crippen LogP contribution in [0.2, 0.25) is 5.02 Å². The molecule has 17 nitrogen and oxygen atoms in total. The third-order valence-corrected chi connectivity index (χ3v) is 8.45. The summed E-state index contributed by atoms with van der Waals surface area (Å²) in [4.78, 5) is 71.0. The average molecular weight is 821 g/mol. The van der Waals surface area contributed by atoms with Crippen molar-refractivity contribution >= 4 is 58.6 Å². The van der Waals surface area contributed by atoms with Gasteiger partial charge in [-0.05, 0) is 73.0 Å². The van der Waals surface area contributed by atoms with Crippen LogP contribution in [0.5, 0.6) is 17.6 Å². The van der Waals surface area contributed by atoms with Gasteiger partial charge in [0.2, 0.25) is 17.8 Å². The molecule has 0 bridgehead atoms. The summed E-state index contributed by atoms with van der Waals surface area (Å²) in [5, 5.41) is 13.7. The number of esters is 1. The minimum absolute atomic E-state index is 0.0463. The van der Waals surface area contributed by atoms with Crippen LogP contribution in [-0.4, -0.2) is 81.1 Å². The van der Waals surface area contributed by atoms with E-state index in [2.05, 4.69) is 51.5 Å². The van der Waals surface area contributed by atoms with E-state index in [1.54, 1.807) is 30.5 Å². The van der Waals surface area contributed by atoms with Gasteiger partial charge in [0.15, 0.2) is 6.61 Å². The lowest BCUT2D eigenvalue weighted by atomic mass is 10.1. The minimum atomic E-state index is -4.65. The van der Waals surface area contributed by atoms with E-state index < -0.39 is 60.6 Å². The third-order valence-electron chi connectivity index (χ3n) is 8.20. The van der Waals surface area contributed by atoms with Crippen LogP contribution in [0.1, 0.15) is 28.8 Å². The van der Waals surface area contributed by atoms with Gasteiger partial charge in [-0.1, -0.05) is 23.7 Å². The first-order valence-electron chi connectivity index (χ1n) is 17.2. The molecule has 1 atom stereocenters. The summed E-state index contributed by atoms with van der Waals surface area (Å²) < 4.78 is 54.0. The molecular weight excluding hydrogens is 789 g/mol. The number of methoxy groups -OCH3 is 1. The van der Waals surface area contributed by atoms with Gasteiger partial charge >= 0.3 is 30.0 Å². The molecule has 1 aliphatic carbocycles. The Hall–Kier alpha value is -7.09. The maximum atomic E-state index is 13.1. The van der Waals surface area contributed by atoms with Crippen molar-refractivity contribution in [3.63, 3.8) is 0 Å². The molecule has 21 heteroatoms. The van der Waals surface area contributed by atoms with E-state index in [0.29, 0.717) is 29.3 Å². The number of hydrogen-bond donors (Lipinski definition) is 5. The highest BCUT2D eigenvalue weighted by atomic mass is 35.5. The van der Waals surface area contributed by atoms with Crippen LogP contribution in [0.4, 0.5) is 36.4 Å². The SMILES string of the molecule is COC(=O)[C@H](CNC(=O)C(=O)Nc1ccc(Oc2cccnc2)nc1)NC(=O)c1ccc(Nc2nc(NC3(c4ccc(Cl)cc4)CC3)nc(OCC(F)(F)F)n2)cc1. The summed E-state index contributed by atoms with van der Waals surface area (Å²) in [5.41, 5.74) is 0.878. The number of ether oxygens (including phenoxy) is 3. The lowest BCUT2D eigenvalue weighted by molar-refractivity contribution is -0.154. The number of nitrogens with one attached hydrogen (secondary N) is 5. The van der Waals surface area contributed by atoms with Crippen LogP contribution < -0.4 is 36.1 Å². The fourth-order valence-corrected chi connectivity index (χ4v) is 5.32. The number of amides is 3. The number of carbonyl (C=O) groups excluding carboxylic acids is 4. The Balaban J connectivity index is 1.05. The number of nitrogens with zero attached hydrogens (tertiary/aromatic N) is 5. The fourth-order valence-electron chi connectivity index (χ4n) is 5.19. The molecule has 1 saturated carbocycles.